The highest BCUT2D eigenvalue weighted by atomic mass is 35.5. The summed E-state index contributed by atoms with van der Waals surface area (Å²) in [4.78, 5) is 22.4. The Morgan fingerprint density at radius 2 is 2.20 bits per heavy atom. The molecule has 20 heavy (non-hydrogen) atoms. The molecule has 6 heteroatoms. The zero-order valence-corrected chi connectivity index (χ0v) is 12.6. The van der Waals surface area contributed by atoms with Gasteiger partial charge in [0.2, 0.25) is 5.95 Å². The van der Waals surface area contributed by atoms with Crippen LogP contribution in [0.2, 0.25) is 5.15 Å². The normalized spacial score (nSPS) is 16.5. The number of hydrogen-bond acceptors (Lipinski definition) is 5. The van der Waals surface area contributed by atoms with E-state index in [9.17, 15) is 4.79 Å². The minimum absolute atomic E-state index is 0.0100. The lowest BCUT2D eigenvalue weighted by Gasteiger charge is -2.30. The molecule has 0 saturated carbocycles. The van der Waals surface area contributed by atoms with Crippen LogP contribution in [0.25, 0.3) is 0 Å². The fourth-order valence-electron chi connectivity index (χ4n) is 2.16. The van der Waals surface area contributed by atoms with E-state index in [0.29, 0.717) is 23.6 Å². The third kappa shape index (κ3) is 4.07. The lowest BCUT2D eigenvalue weighted by atomic mass is 9.97. The van der Waals surface area contributed by atoms with Crippen molar-refractivity contribution in [1.29, 1.82) is 0 Å². The Labute approximate surface area is 124 Å². The summed E-state index contributed by atoms with van der Waals surface area (Å²) in [6, 6.07) is 1.65. The van der Waals surface area contributed by atoms with Gasteiger partial charge < -0.3 is 9.64 Å². The minimum Gasteiger partial charge on any atom is -0.465 e. The number of ether oxygens (including phenoxy) is 1. The minimum atomic E-state index is -0.0784. The van der Waals surface area contributed by atoms with Crippen molar-refractivity contribution in [3.05, 3.63) is 17.4 Å². The van der Waals surface area contributed by atoms with Crippen molar-refractivity contribution < 1.29 is 9.53 Å². The molecule has 0 aromatic carbocycles. The van der Waals surface area contributed by atoms with E-state index in [1.54, 1.807) is 12.3 Å². The molecule has 0 N–H and O–H groups in total. The number of carbonyl (C=O) groups is 1. The second kappa shape index (κ2) is 6.88. The molecule has 1 aliphatic rings. The van der Waals surface area contributed by atoms with Crippen molar-refractivity contribution in [3.63, 3.8) is 0 Å². The van der Waals surface area contributed by atoms with E-state index < -0.39 is 0 Å². The van der Waals surface area contributed by atoms with Crippen molar-refractivity contribution >= 4 is 23.5 Å². The quantitative estimate of drug-likeness (QED) is 0.631. The first-order valence-electron chi connectivity index (χ1n) is 6.96. The third-order valence-electron chi connectivity index (χ3n) is 3.28. The third-order valence-corrected chi connectivity index (χ3v) is 3.49. The van der Waals surface area contributed by atoms with Crippen molar-refractivity contribution in [2.24, 2.45) is 11.8 Å². The van der Waals surface area contributed by atoms with Crippen LogP contribution < -0.4 is 4.90 Å². The van der Waals surface area contributed by atoms with Gasteiger partial charge >= 0.3 is 5.97 Å². The molecule has 2 rings (SSSR count). The average Bonchev–Trinajstić information content (AvgIpc) is 2.45. The zero-order valence-electron chi connectivity index (χ0n) is 11.9. The summed E-state index contributed by atoms with van der Waals surface area (Å²) in [6.07, 6.45) is 3.19. The van der Waals surface area contributed by atoms with Gasteiger partial charge in [-0.25, -0.2) is 9.97 Å². The van der Waals surface area contributed by atoms with E-state index in [0.717, 1.165) is 25.9 Å². The topological polar surface area (TPSA) is 55.3 Å². The number of esters is 1. The summed E-state index contributed by atoms with van der Waals surface area (Å²) in [7, 11) is 0. The fourth-order valence-corrected chi connectivity index (χ4v) is 2.29. The van der Waals surface area contributed by atoms with Crippen LogP contribution in [0.15, 0.2) is 12.3 Å². The van der Waals surface area contributed by atoms with Crippen LogP contribution in [0.1, 0.15) is 26.7 Å². The van der Waals surface area contributed by atoms with E-state index in [-0.39, 0.29) is 11.9 Å². The Morgan fingerprint density at radius 3 is 2.80 bits per heavy atom. The molecule has 0 amide bonds. The molecule has 110 valence electrons. The SMILES string of the molecule is CC(C)COC(=O)C1CCN(c2nccc(Cl)n2)CC1. The van der Waals surface area contributed by atoms with Gasteiger partial charge in [0.25, 0.3) is 0 Å². The van der Waals surface area contributed by atoms with Gasteiger partial charge in [0.1, 0.15) is 5.15 Å². The maximum atomic E-state index is 11.9. The highest BCUT2D eigenvalue weighted by Gasteiger charge is 2.27. The predicted octanol–water partition coefficient (Wildman–Crippen LogP) is 2.55. The molecule has 0 spiro atoms. The molecule has 1 fully saturated rings. The monoisotopic (exact) mass is 297 g/mol. The van der Waals surface area contributed by atoms with Gasteiger partial charge in [0.15, 0.2) is 0 Å². The smallest absolute Gasteiger partial charge is 0.309 e. The standard InChI is InChI=1S/C14H20ClN3O2/c1-10(2)9-20-13(19)11-4-7-18(8-5-11)14-16-6-3-12(15)17-14/h3,6,10-11H,4-5,7-9H2,1-2H3. The molecule has 1 aliphatic heterocycles. The summed E-state index contributed by atoms with van der Waals surface area (Å²) < 4.78 is 5.29. The summed E-state index contributed by atoms with van der Waals surface area (Å²) in [5, 5.41) is 0.438. The highest BCUT2D eigenvalue weighted by molar-refractivity contribution is 6.29. The van der Waals surface area contributed by atoms with E-state index in [4.69, 9.17) is 16.3 Å². The number of halogens is 1. The molecule has 0 bridgehead atoms. The second-order valence-electron chi connectivity index (χ2n) is 5.46. The van der Waals surface area contributed by atoms with Gasteiger partial charge in [-0.2, -0.15) is 0 Å². The van der Waals surface area contributed by atoms with Gasteiger partial charge in [-0.1, -0.05) is 25.4 Å². The summed E-state index contributed by atoms with van der Waals surface area (Å²) in [5.41, 5.74) is 0. The molecule has 1 saturated heterocycles. The van der Waals surface area contributed by atoms with Crippen LogP contribution in [0.5, 0.6) is 0 Å². The van der Waals surface area contributed by atoms with E-state index >= 15 is 0 Å². The fraction of sp³-hybridized carbons (Fsp3) is 0.643. The maximum Gasteiger partial charge on any atom is 0.309 e. The van der Waals surface area contributed by atoms with Crippen molar-refractivity contribution in [2.45, 2.75) is 26.7 Å². The Bertz CT molecular complexity index is 459. The molecule has 5 nitrogen and oxygen atoms in total. The van der Waals surface area contributed by atoms with E-state index in [1.165, 1.54) is 0 Å². The molecular weight excluding hydrogens is 278 g/mol. The number of aromatic nitrogens is 2. The Kier molecular flexibility index (Phi) is 5.17. The summed E-state index contributed by atoms with van der Waals surface area (Å²) in [5.74, 6) is 0.917. The number of piperidine rings is 1. The van der Waals surface area contributed by atoms with Crippen molar-refractivity contribution in [3.8, 4) is 0 Å². The van der Waals surface area contributed by atoms with Crippen LogP contribution in [-0.4, -0.2) is 35.6 Å². The zero-order chi connectivity index (χ0) is 14.5. The molecule has 0 atom stereocenters. The van der Waals surface area contributed by atoms with E-state index in [1.807, 2.05) is 13.8 Å². The predicted molar refractivity (Wildman–Crippen MR) is 77.8 cm³/mol. The van der Waals surface area contributed by atoms with Gasteiger partial charge in [-0.05, 0) is 24.8 Å². The molecule has 0 aliphatic carbocycles. The lowest BCUT2D eigenvalue weighted by molar-refractivity contribution is -0.150. The Balaban J connectivity index is 1.84. The second-order valence-corrected chi connectivity index (χ2v) is 5.85. The first-order chi connectivity index (χ1) is 9.56. The summed E-state index contributed by atoms with van der Waals surface area (Å²) in [6.45, 7) is 6.07. The van der Waals surface area contributed by atoms with Crippen LogP contribution in [-0.2, 0) is 9.53 Å². The molecule has 0 unspecified atom stereocenters. The molecule has 1 aromatic heterocycles. The van der Waals surface area contributed by atoms with Crippen LogP contribution in [0.4, 0.5) is 5.95 Å². The largest absolute Gasteiger partial charge is 0.465 e. The number of anilines is 1. The maximum absolute atomic E-state index is 11.9. The van der Waals surface area contributed by atoms with Gasteiger partial charge in [-0.15, -0.1) is 0 Å². The number of hydrogen-bond donors (Lipinski definition) is 0. The number of carbonyl (C=O) groups excluding carboxylic acids is 1. The summed E-state index contributed by atoms with van der Waals surface area (Å²) >= 11 is 5.86. The number of rotatable bonds is 4. The van der Waals surface area contributed by atoms with Crippen molar-refractivity contribution in [1.82, 2.24) is 9.97 Å². The van der Waals surface area contributed by atoms with Crippen LogP contribution >= 0.6 is 11.6 Å². The Morgan fingerprint density at radius 1 is 1.50 bits per heavy atom. The Hall–Kier alpha value is -1.36. The molecule has 1 aromatic rings. The van der Waals surface area contributed by atoms with Gasteiger partial charge in [-0.3, -0.25) is 4.79 Å². The van der Waals surface area contributed by atoms with Crippen LogP contribution in [0.3, 0.4) is 0 Å². The molecule has 2 heterocycles. The van der Waals surface area contributed by atoms with Crippen LogP contribution in [0, 0.1) is 11.8 Å². The first-order valence-corrected chi connectivity index (χ1v) is 7.34. The van der Waals surface area contributed by atoms with Crippen molar-refractivity contribution in [2.75, 3.05) is 24.6 Å². The average molecular weight is 298 g/mol. The van der Waals surface area contributed by atoms with Gasteiger partial charge in [0, 0.05) is 19.3 Å². The van der Waals surface area contributed by atoms with Gasteiger partial charge in [0.05, 0.1) is 12.5 Å². The van der Waals surface area contributed by atoms with E-state index in [2.05, 4.69) is 14.9 Å². The highest BCUT2D eigenvalue weighted by Crippen LogP contribution is 2.22. The first kappa shape index (κ1) is 15.0. The number of nitrogens with zero attached hydrogens (tertiary/aromatic N) is 3. The molecule has 0 radical (unpaired) electrons. The lowest BCUT2D eigenvalue weighted by Crippen LogP contribution is -2.38. The molecular formula is C14H20ClN3O2.